The molecule has 0 aromatic heterocycles. The van der Waals surface area contributed by atoms with Gasteiger partial charge in [0.1, 0.15) is 49.0 Å². The molecule has 0 radical (unpaired) electrons. The minimum Gasteiger partial charge on any atom is -0.460 e. The van der Waals surface area contributed by atoms with Crippen LogP contribution in [0.1, 0.15) is 129 Å². The van der Waals surface area contributed by atoms with Gasteiger partial charge in [0.05, 0.1) is 30.5 Å². The summed E-state index contributed by atoms with van der Waals surface area (Å²) in [6.45, 7) is 23.0. The molecule has 460 valence electrons. The number of ether oxygens (including phenoxy) is 5. The molecule has 28 heteroatoms. The first-order valence-corrected chi connectivity index (χ1v) is 28.3. The van der Waals surface area contributed by atoms with Gasteiger partial charge in [-0.1, -0.05) is 135 Å². The van der Waals surface area contributed by atoms with Gasteiger partial charge in [-0.15, -0.1) is 0 Å². The van der Waals surface area contributed by atoms with Gasteiger partial charge in [-0.3, -0.25) is 48.4 Å². The Balaban J connectivity index is 0. The first-order chi connectivity index (χ1) is 37.0. The number of methoxy groups -OCH3 is 2. The molecule has 9 atom stereocenters. The van der Waals surface area contributed by atoms with Gasteiger partial charge in [-0.2, -0.15) is 9.59 Å². The van der Waals surface area contributed by atoms with E-state index in [1.807, 2.05) is 33.8 Å². The fourth-order valence-corrected chi connectivity index (χ4v) is 7.68. The number of allylic oxidation sites excluding steroid dienone is 2. The molecule has 2 aliphatic heterocycles. The zero-order valence-electron chi connectivity index (χ0n) is 48.5. The van der Waals surface area contributed by atoms with Crippen LogP contribution in [0.5, 0.6) is 0 Å². The summed E-state index contributed by atoms with van der Waals surface area (Å²) in [5, 5.41) is 10.6. The highest BCUT2D eigenvalue weighted by Crippen LogP contribution is 2.28. The third-order valence-electron chi connectivity index (χ3n) is 11.6. The Bertz CT molecular complexity index is 2040. The minimum absolute atomic E-state index is 0.0965. The largest absolute Gasteiger partial charge is 0.460 e. The number of carbonyl (C=O) groups is 8. The normalized spacial score (nSPS) is 18.4. The van der Waals surface area contributed by atoms with Crippen LogP contribution in [0.2, 0.25) is 0 Å². The lowest BCUT2D eigenvalue weighted by Crippen LogP contribution is -2.61. The lowest BCUT2D eigenvalue weighted by atomic mass is 9.91. The summed E-state index contributed by atoms with van der Waals surface area (Å²) in [6, 6.07) is -4.26. The molecule has 2 aliphatic rings. The average Bonchev–Trinajstić information content (AvgIpc) is 3.37. The summed E-state index contributed by atoms with van der Waals surface area (Å²) in [7, 11) is 3.24. The molecule has 0 bridgehead atoms. The van der Waals surface area contributed by atoms with E-state index in [4.69, 9.17) is 103 Å². The highest BCUT2D eigenvalue weighted by molar-refractivity contribution is 6.68. The Morgan fingerprint density at radius 3 is 1.40 bits per heavy atom. The number of esters is 3. The molecule has 80 heavy (non-hydrogen) atoms. The van der Waals surface area contributed by atoms with Crippen molar-refractivity contribution in [2.75, 3.05) is 40.5 Å². The Hall–Kier alpha value is -3.80. The van der Waals surface area contributed by atoms with Crippen LogP contribution in [-0.2, 0) is 71.6 Å². The van der Waals surface area contributed by atoms with Crippen LogP contribution in [0, 0.1) is 23.7 Å². The van der Waals surface area contributed by atoms with E-state index >= 15 is 0 Å². The first kappa shape index (κ1) is 78.3. The Morgan fingerprint density at radius 1 is 0.650 bits per heavy atom. The van der Waals surface area contributed by atoms with Crippen molar-refractivity contribution in [3.8, 4) is 0 Å². The van der Waals surface area contributed by atoms with Crippen molar-refractivity contribution in [2.24, 2.45) is 23.7 Å². The zero-order valence-corrected chi connectivity index (χ0v) is 53.1. The zero-order chi connectivity index (χ0) is 62.3. The van der Waals surface area contributed by atoms with Crippen LogP contribution in [-0.4, -0.2) is 160 Å². The third kappa shape index (κ3) is 33.3. The van der Waals surface area contributed by atoms with Crippen LogP contribution in [0.3, 0.4) is 0 Å². The molecular formula is C52H85Cl6N7O15. The van der Waals surface area contributed by atoms with E-state index in [1.54, 1.807) is 60.8 Å². The van der Waals surface area contributed by atoms with Crippen molar-refractivity contribution in [3.05, 3.63) is 24.3 Å². The Kier molecular flexibility index (Phi) is 38.8. The van der Waals surface area contributed by atoms with E-state index < -0.39 is 116 Å². The fraction of sp³-hybridized carbons (Fsp3) is 0.750. The van der Waals surface area contributed by atoms with Gasteiger partial charge < -0.3 is 39.6 Å². The molecular weight excluding hydrogens is 1180 g/mol. The number of hydrazine groups is 2. The molecule has 0 unspecified atom stereocenters. The van der Waals surface area contributed by atoms with Crippen molar-refractivity contribution in [3.63, 3.8) is 0 Å². The third-order valence-corrected chi connectivity index (χ3v) is 12.2. The van der Waals surface area contributed by atoms with Gasteiger partial charge in [0.2, 0.25) is 25.3 Å². The van der Waals surface area contributed by atoms with E-state index in [0.717, 1.165) is 6.42 Å². The first-order valence-electron chi connectivity index (χ1n) is 26.0. The van der Waals surface area contributed by atoms with Gasteiger partial charge in [0.15, 0.2) is 0 Å². The molecule has 0 saturated carbocycles. The molecule has 0 aromatic carbocycles. The molecule has 2 fully saturated rings. The van der Waals surface area contributed by atoms with Gasteiger partial charge in [-0.05, 0) is 92.4 Å². The second kappa shape index (κ2) is 39.6. The van der Waals surface area contributed by atoms with E-state index in [1.165, 1.54) is 31.0 Å². The SMILES string of the molecule is C/C=C/[C@@H](OC)[C@@H](C)C(=O)N[C@H](C(=O)N[C@@H](C)C(=O)N1CCC[C@@H](C(=O)OCC(Cl)(Cl)Cl)N1)C(C)C.C/C=C/[C@H](CC)OC.CC(C)[C@H](CC(=O)OC(C)(C)C)C(=O)N[C@@H](C)C(=O)N1CCC[C@@H](C(=O)OCC(Cl)(Cl)Cl)N1.O=C=O. The minimum atomic E-state index is -1.74. The van der Waals surface area contributed by atoms with Gasteiger partial charge >= 0.3 is 24.1 Å². The van der Waals surface area contributed by atoms with Crippen LogP contribution in [0.25, 0.3) is 0 Å². The summed E-state index contributed by atoms with van der Waals surface area (Å²) in [4.78, 5) is 117. The lowest BCUT2D eigenvalue weighted by Gasteiger charge is -2.35. The monoisotopic (exact) mass is 1260 g/mol. The number of rotatable bonds is 22. The number of carbonyl (C=O) groups excluding carboxylic acids is 10. The number of halogens is 6. The predicted molar refractivity (Wildman–Crippen MR) is 305 cm³/mol. The number of nitrogens with one attached hydrogen (secondary N) is 5. The molecule has 2 heterocycles. The van der Waals surface area contributed by atoms with Crippen molar-refractivity contribution in [1.29, 1.82) is 0 Å². The number of hydrogen-bond acceptors (Lipinski definition) is 17. The van der Waals surface area contributed by atoms with Crippen molar-refractivity contribution in [1.82, 2.24) is 36.8 Å². The number of nitrogens with zero attached hydrogens (tertiary/aromatic N) is 2. The molecule has 0 spiro atoms. The quantitative estimate of drug-likeness (QED) is 0.0331. The molecule has 2 rings (SSSR count). The summed E-state index contributed by atoms with van der Waals surface area (Å²) < 4.78 is 22.2. The van der Waals surface area contributed by atoms with E-state index in [-0.39, 0.29) is 30.3 Å². The number of hydrogen-bond donors (Lipinski definition) is 5. The molecule has 2 saturated heterocycles. The van der Waals surface area contributed by atoms with Gasteiger partial charge in [0, 0.05) is 27.3 Å². The fourth-order valence-electron chi connectivity index (χ4n) is 7.35. The smallest absolute Gasteiger partial charge is 0.373 e. The van der Waals surface area contributed by atoms with Crippen LogP contribution < -0.4 is 26.8 Å². The van der Waals surface area contributed by atoms with Crippen molar-refractivity contribution >= 4 is 123 Å². The highest BCUT2D eigenvalue weighted by atomic mass is 35.6. The maximum atomic E-state index is 13.0. The lowest BCUT2D eigenvalue weighted by molar-refractivity contribution is -0.192. The van der Waals surface area contributed by atoms with Crippen LogP contribution >= 0.6 is 69.6 Å². The standard InChI is InChI=1S/C23H37Cl3N4O6.C21H34Cl3N3O6.C7H14O.CO2/c1-7-9-17(35-6)14(4)19(31)28-18(13(2)3)20(32)27-15(5)21(33)30-11-8-10-16(29-30)22(34)36-12-23(24,25)26;1-12(2)14(10-16(28)33-20(4,5)6)17(29)25-13(3)18(30)27-9-7-8-15(26-27)19(31)32-11-21(22,23)24;1-4-6-7(5-2)8-3;2-1-3/h7,9,13-18,29H,8,10-12H2,1-6H3,(H,27,32)(H,28,31);12-15,26H,7-11H2,1-6H3,(H,25,29);4,6-7H,5H2,1-3H3;/b9-7+;;6-4+;/t14-,15+,16+,17-,18+;13-,14-,15-;7-;/m100./s1. The maximum Gasteiger partial charge on any atom is 0.373 e. The molecule has 5 N–H and O–H groups in total. The summed E-state index contributed by atoms with van der Waals surface area (Å²) in [6.07, 6.45) is 10.7. The maximum absolute atomic E-state index is 13.0. The predicted octanol–water partition coefficient (Wildman–Crippen LogP) is 6.58. The molecule has 22 nitrogen and oxygen atoms in total. The summed E-state index contributed by atoms with van der Waals surface area (Å²) >= 11 is 33.6. The van der Waals surface area contributed by atoms with Gasteiger partial charge in [0.25, 0.3) is 11.8 Å². The van der Waals surface area contributed by atoms with E-state index in [0.29, 0.717) is 44.9 Å². The van der Waals surface area contributed by atoms with E-state index in [2.05, 4.69) is 39.8 Å². The highest BCUT2D eigenvalue weighted by Gasteiger charge is 2.37. The van der Waals surface area contributed by atoms with Crippen LogP contribution in [0.15, 0.2) is 24.3 Å². The summed E-state index contributed by atoms with van der Waals surface area (Å²) in [5.41, 5.74) is 4.96. The van der Waals surface area contributed by atoms with Crippen molar-refractivity contribution < 1.29 is 71.6 Å². The number of alkyl halides is 6. The Labute approximate surface area is 501 Å². The molecule has 0 aliphatic carbocycles. The second-order valence-corrected chi connectivity index (χ2v) is 25.2. The Morgan fingerprint density at radius 2 is 1.07 bits per heavy atom. The molecule has 5 amide bonds. The summed E-state index contributed by atoms with van der Waals surface area (Å²) in [5.74, 6) is -5.50. The van der Waals surface area contributed by atoms with E-state index in [9.17, 15) is 38.4 Å². The molecule has 0 aromatic rings. The topological polar surface area (TPSA) is 283 Å². The van der Waals surface area contributed by atoms with Crippen molar-refractivity contribution in [2.45, 2.75) is 184 Å². The second-order valence-electron chi connectivity index (χ2n) is 20.2. The average molecular weight is 1260 g/mol. The number of amides is 5. The van der Waals surface area contributed by atoms with Gasteiger partial charge in [-0.25, -0.2) is 10.9 Å². The van der Waals surface area contributed by atoms with Crippen LogP contribution in [0.4, 0.5) is 0 Å².